The molecular weight excluding hydrogens is 208 g/mol. The van der Waals surface area contributed by atoms with Crippen LogP contribution in [-0.2, 0) is 12.8 Å². The Hall–Kier alpha value is -1.49. The standard InChI is InChI=1S/C10H12N4S/c1-14-7-12-13-10(14)15-6-8-2-4-9(11)5-3-8/h2-5,7H,6,11H2,1H3. The molecule has 0 aliphatic rings. The highest BCUT2D eigenvalue weighted by Crippen LogP contribution is 2.20. The summed E-state index contributed by atoms with van der Waals surface area (Å²) in [6.07, 6.45) is 1.70. The third-order valence-corrected chi connectivity index (χ3v) is 3.12. The van der Waals surface area contributed by atoms with Gasteiger partial charge in [-0.1, -0.05) is 23.9 Å². The maximum Gasteiger partial charge on any atom is 0.191 e. The number of aryl methyl sites for hydroxylation is 1. The van der Waals surface area contributed by atoms with Gasteiger partial charge < -0.3 is 10.3 Å². The van der Waals surface area contributed by atoms with Crippen molar-refractivity contribution in [1.29, 1.82) is 0 Å². The minimum Gasteiger partial charge on any atom is -0.399 e. The fourth-order valence-corrected chi connectivity index (χ4v) is 2.01. The first-order valence-corrected chi connectivity index (χ1v) is 5.55. The van der Waals surface area contributed by atoms with Crippen LogP contribution in [-0.4, -0.2) is 14.8 Å². The molecule has 5 heteroatoms. The summed E-state index contributed by atoms with van der Waals surface area (Å²) in [5.41, 5.74) is 7.64. The third kappa shape index (κ3) is 2.50. The highest BCUT2D eigenvalue weighted by atomic mass is 32.2. The van der Waals surface area contributed by atoms with E-state index in [0.717, 1.165) is 16.6 Å². The number of nitrogens with zero attached hydrogens (tertiary/aromatic N) is 3. The quantitative estimate of drug-likeness (QED) is 0.631. The van der Waals surface area contributed by atoms with E-state index in [0.29, 0.717) is 0 Å². The van der Waals surface area contributed by atoms with E-state index >= 15 is 0 Å². The average Bonchev–Trinajstić information content (AvgIpc) is 2.63. The summed E-state index contributed by atoms with van der Waals surface area (Å²) in [7, 11) is 1.94. The lowest BCUT2D eigenvalue weighted by molar-refractivity contribution is 0.788. The normalized spacial score (nSPS) is 10.5. The lowest BCUT2D eigenvalue weighted by Gasteiger charge is -2.01. The molecule has 0 radical (unpaired) electrons. The molecule has 0 saturated heterocycles. The zero-order chi connectivity index (χ0) is 10.7. The number of hydrogen-bond acceptors (Lipinski definition) is 4. The molecule has 0 fully saturated rings. The van der Waals surface area contributed by atoms with Crippen LogP contribution >= 0.6 is 11.8 Å². The van der Waals surface area contributed by atoms with E-state index in [4.69, 9.17) is 5.73 Å². The average molecular weight is 220 g/mol. The van der Waals surface area contributed by atoms with E-state index < -0.39 is 0 Å². The monoisotopic (exact) mass is 220 g/mol. The van der Waals surface area contributed by atoms with Crippen LogP contribution in [0.15, 0.2) is 35.7 Å². The molecule has 0 unspecified atom stereocenters. The topological polar surface area (TPSA) is 56.7 Å². The van der Waals surface area contributed by atoms with Gasteiger partial charge in [0.05, 0.1) is 0 Å². The maximum absolute atomic E-state index is 5.61. The van der Waals surface area contributed by atoms with Crippen LogP contribution in [0.3, 0.4) is 0 Å². The molecular formula is C10H12N4S. The van der Waals surface area contributed by atoms with Crippen molar-refractivity contribution in [3.8, 4) is 0 Å². The fraction of sp³-hybridized carbons (Fsp3) is 0.200. The Balaban J connectivity index is 1.99. The Labute approximate surface area is 92.5 Å². The van der Waals surface area contributed by atoms with Crippen LogP contribution in [0.2, 0.25) is 0 Å². The largest absolute Gasteiger partial charge is 0.399 e. The van der Waals surface area contributed by atoms with Crippen molar-refractivity contribution >= 4 is 17.4 Å². The molecule has 4 nitrogen and oxygen atoms in total. The van der Waals surface area contributed by atoms with E-state index in [1.54, 1.807) is 18.1 Å². The van der Waals surface area contributed by atoms with Crippen molar-refractivity contribution in [1.82, 2.24) is 14.8 Å². The first-order chi connectivity index (χ1) is 7.25. The lowest BCUT2D eigenvalue weighted by Crippen LogP contribution is -1.90. The van der Waals surface area contributed by atoms with Crippen molar-refractivity contribution in [2.45, 2.75) is 10.9 Å². The molecule has 0 bridgehead atoms. The predicted octanol–water partition coefficient (Wildman–Crippen LogP) is 1.69. The van der Waals surface area contributed by atoms with Crippen LogP contribution in [0.1, 0.15) is 5.56 Å². The zero-order valence-electron chi connectivity index (χ0n) is 8.42. The van der Waals surface area contributed by atoms with E-state index in [9.17, 15) is 0 Å². The Morgan fingerprint density at radius 3 is 2.67 bits per heavy atom. The van der Waals surface area contributed by atoms with Gasteiger partial charge in [0.25, 0.3) is 0 Å². The second kappa shape index (κ2) is 4.35. The smallest absolute Gasteiger partial charge is 0.191 e. The lowest BCUT2D eigenvalue weighted by atomic mass is 10.2. The summed E-state index contributed by atoms with van der Waals surface area (Å²) in [5, 5.41) is 8.74. The first-order valence-electron chi connectivity index (χ1n) is 4.57. The van der Waals surface area contributed by atoms with E-state index in [1.807, 2.05) is 35.9 Å². The Morgan fingerprint density at radius 2 is 2.07 bits per heavy atom. The number of benzene rings is 1. The Morgan fingerprint density at radius 1 is 1.33 bits per heavy atom. The molecule has 0 atom stereocenters. The number of rotatable bonds is 3. The molecule has 2 N–H and O–H groups in total. The van der Waals surface area contributed by atoms with Crippen molar-refractivity contribution in [3.05, 3.63) is 36.2 Å². The molecule has 2 aromatic rings. The fourth-order valence-electron chi connectivity index (χ4n) is 1.17. The number of nitrogens with two attached hydrogens (primary N) is 1. The molecule has 1 aromatic heterocycles. The van der Waals surface area contributed by atoms with E-state index in [2.05, 4.69) is 10.2 Å². The number of thioether (sulfide) groups is 1. The Kier molecular flexibility index (Phi) is 2.91. The second-order valence-corrected chi connectivity index (χ2v) is 4.20. The van der Waals surface area contributed by atoms with Gasteiger partial charge in [-0.15, -0.1) is 10.2 Å². The van der Waals surface area contributed by atoms with Crippen molar-refractivity contribution in [3.63, 3.8) is 0 Å². The molecule has 1 aromatic carbocycles. The molecule has 1 heterocycles. The van der Waals surface area contributed by atoms with Gasteiger partial charge in [0, 0.05) is 18.5 Å². The zero-order valence-corrected chi connectivity index (χ0v) is 9.24. The summed E-state index contributed by atoms with van der Waals surface area (Å²) < 4.78 is 1.90. The molecule has 0 aliphatic heterocycles. The minimum atomic E-state index is 0.794. The highest BCUT2D eigenvalue weighted by Gasteiger charge is 2.01. The van der Waals surface area contributed by atoms with Gasteiger partial charge in [0.1, 0.15) is 6.33 Å². The van der Waals surface area contributed by atoms with Gasteiger partial charge in [0.2, 0.25) is 0 Å². The van der Waals surface area contributed by atoms with Crippen molar-refractivity contribution < 1.29 is 0 Å². The molecule has 78 valence electrons. The van der Waals surface area contributed by atoms with Crippen LogP contribution in [0.25, 0.3) is 0 Å². The third-order valence-electron chi connectivity index (χ3n) is 2.02. The van der Waals surface area contributed by atoms with Crippen LogP contribution in [0, 0.1) is 0 Å². The van der Waals surface area contributed by atoms with Gasteiger partial charge in [-0.05, 0) is 17.7 Å². The second-order valence-electron chi connectivity index (χ2n) is 3.25. The van der Waals surface area contributed by atoms with Crippen LogP contribution in [0.4, 0.5) is 5.69 Å². The molecule has 0 aliphatic carbocycles. The summed E-state index contributed by atoms with van der Waals surface area (Å²) in [6, 6.07) is 7.87. The van der Waals surface area contributed by atoms with E-state index in [-0.39, 0.29) is 0 Å². The molecule has 0 amide bonds. The van der Waals surface area contributed by atoms with Gasteiger partial charge in [-0.3, -0.25) is 0 Å². The first kappa shape index (κ1) is 10.0. The highest BCUT2D eigenvalue weighted by molar-refractivity contribution is 7.98. The summed E-state index contributed by atoms with van der Waals surface area (Å²) in [5.74, 6) is 0.882. The van der Waals surface area contributed by atoms with Crippen molar-refractivity contribution in [2.75, 3.05) is 5.73 Å². The summed E-state index contributed by atoms with van der Waals surface area (Å²) >= 11 is 1.66. The van der Waals surface area contributed by atoms with Crippen LogP contribution in [0.5, 0.6) is 0 Å². The minimum absolute atomic E-state index is 0.794. The molecule has 0 saturated carbocycles. The summed E-state index contributed by atoms with van der Waals surface area (Å²) in [6.45, 7) is 0. The SMILES string of the molecule is Cn1cnnc1SCc1ccc(N)cc1. The van der Waals surface area contributed by atoms with Crippen LogP contribution < -0.4 is 5.73 Å². The van der Waals surface area contributed by atoms with Gasteiger partial charge in [0.15, 0.2) is 5.16 Å². The molecule has 2 rings (SSSR count). The molecule has 0 spiro atoms. The van der Waals surface area contributed by atoms with Gasteiger partial charge >= 0.3 is 0 Å². The van der Waals surface area contributed by atoms with Crippen molar-refractivity contribution in [2.24, 2.45) is 7.05 Å². The number of hydrogen-bond donors (Lipinski definition) is 1. The Bertz CT molecular complexity index is 435. The number of nitrogen functional groups attached to an aromatic ring is 1. The predicted molar refractivity (Wildman–Crippen MR) is 61.4 cm³/mol. The number of aromatic nitrogens is 3. The van der Waals surface area contributed by atoms with E-state index in [1.165, 1.54) is 5.56 Å². The van der Waals surface area contributed by atoms with Gasteiger partial charge in [-0.25, -0.2) is 0 Å². The molecule has 15 heavy (non-hydrogen) atoms. The number of anilines is 1. The van der Waals surface area contributed by atoms with Gasteiger partial charge in [-0.2, -0.15) is 0 Å². The maximum atomic E-state index is 5.61. The summed E-state index contributed by atoms with van der Waals surface area (Å²) in [4.78, 5) is 0.